The van der Waals surface area contributed by atoms with Crippen molar-refractivity contribution in [3.8, 4) is 0 Å². The van der Waals surface area contributed by atoms with E-state index < -0.39 is 0 Å². The van der Waals surface area contributed by atoms with Crippen molar-refractivity contribution in [2.45, 2.75) is 26.3 Å². The Morgan fingerprint density at radius 2 is 1.85 bits per heavy atom. The fraction of sp³-hybridized carbons (Fsp3) is 0.304. The molecule has 1 aliphatic heterocycles. The molecule has 27 heavy (non-hydrogen) atoms. The molecular formula is C23H24ClFN2. The van der Waals surface area contributed by atoms with E-state index in [0.717, 1.165) is 43.1 Å². The fourth-order valence-corrected chi connectivity index (χ4v) is 4.26. The number of hydrogen-bond donors (Lipinski definition) is 0. The molecule has 0 saturated carbocycles. The summed E-state index contributed by atoms with van der Waals surface area (Å²) in [6.07, 6.45) is 4.19. The topological polar surface area (TPSA) is 8.17 Å². The highest BCUT2D eigenvalue weighted by Crippen LogP contribution is 2.33. The lowest BCUT2D eigenvalue weighted by atomic mass is 10.1. The van der Waals surface area contributed by atoms with Gasteiger partial charge in [0.25, 0.3) is 0 Å². The number of benzene rings is 2. The van der Waals surface area contributed by atoms with Crippen LogP contribution < -0.4 is 0 Å². The first-order chi connectivity index (χ1) is 13.1. The lowest BCUT2D eigenvalue weighted by Gasteiger charge is -2.16. The van der Waals surface area contributed by atoms with Crippen LogP contribution in [0.2, 0.25) is 5.02 Å². The van der Waals surface area contributed by atoms with Crippen LogP contribution in [0.1, 0.15) is 23.7 Å². The van der Waals surface area contributed by atoms with E-state index in [9.17, 15) is 4.39 Å². The van der Waals surface area contributed by atoms with Crippen LogP contribution in [-0.4, -0.2) is 29.6 Å². The van der Waals surface area contributed by atoms with Crippen molar-refractivity contribution >= 4 is 28.1 Å². The van der Waals surface area contributed by atoms with E-state index in [2.05, 4.69) is 34.7 Å². The van der Waals surface area contributed by atoms with Gasteiger partial charge in [-0.2, -0.15) is 0 Å². The Kier molecular flexibility index (Phi) is 5.07. The Labute approximate surface area is 164 Å². The van der Waals surface area contributed by atoms with Gasteiger partial charge in [-0.3, -0.25) is 0 Å². The maximum atomic E-state index is 13.3. The molecule has 0 unspecified atom stereocenters. The molecule has 0 amide bonds. The SMILES string of the molecule is CC=C(Cn1c2c(c3cc(Cl)ccc31)CCN(C)CC2)c1ccc(F)cc1. The molecule has 0 spiro atoms. The van der Waals surface area contributed by atoms with Crippen LogP contribution in [0.4, 0.5) is 4.39 Å². The minimum Gasteiger partial charge on any atom is -0.340 e. The van der Waals surface area contributed by atoms with Crippen LogP contribution >= 0.6 is 11.6 Å². The number of hydrogen-bond acceptors (Lipinski definition) is 1. The summed E-state index contributed by atoms with van der Waals surface area (Å²) in [6.45, 7) is 4.94. The lowest BCUT2D eigenvalue weighted by Crippen LogP contribution is -2.21. The van der Waals surface area contributed by atoms with Crippen molar-refractivity contribution in [3.63, 3.8) is 0 Å². The van der Waals surface area contributed by atoms with Gasteiger partial charge in [0.1, 0.15) is 5.82 Å². The maximum absolute atomic E-state index is 13.3. The van der Waals surface area contributed by atoms with Crippen molar-refractivity contribution in [1.29, 1.82) is 0 Å². The number of nitrogens with zero attached hydrogens (tertiary/aromatic N) is 2. The minimum atomic E-state index is -0.202. The van der Waals surface area contributed by atoms with Crippen molar-refractivity contribution < 1.29 is 4.39 Å². The van der Waals surface area contributed by atoms with Crippen LogP contribution in [0.25, 0.3) is 16.5 Å². The maximum Gasteiger partial charge on any atom is 0.123 e. The summed E-state index contributed by atoms with van der Waals surface area (Å²) in [6, 6.07) is 13.0. The van der Waals surface area contributed by atoms with E-state index in [1.807, 2.05) is 25.1 Å². The molecule has 2 nitrogen and oxygen atoms in total. The third-order valence-electron chi connectivity index (χ3n) is 5.61. The molecule has 0 aliphatic carbocycles. The summed E-state index contributed by atoms with van der Waals surface area (Å²) in [7, 11) is 2.18. The smallest absolute Gasteiger partial charge is 0.123 e. The zero-order valence-electron chi connectivity index (χ0n) is 15.8. The van der Waals surface area contributed by atoms with E-state index in [0.29, 0.717) is 0 Å². The highest BCUT2D eigenvalue weighted by Gasteiger charge is 2.21. The Balaban J connectivity index is 1.82. The van der Waals surface area contributed by atoms with Gasteiger partial charge in [-0.15, -0.1) is 0 Å². The number of rotatable bonds is 3. The standard InChI is InChI=1S/C23H24ClFN2/c1-3-16(17-4-7-19(25)8-5-17)15-27-22-9-6-18(24)14-21(22)20-10-12-26(2)13-11-23(20)27/h3-9,14H,10-13,15H2,1-2H3. The number of fused-ring (bicyclic) bond motifs is 3. The second-order valence-electron chi connectivity index (χ2n) is 7.30. The average molecular weight is 383 g/mol. The molecule has 4 rings (SSSR count). The summed E-state index contributed by atoms with van der Waals surface area (Å²) in [5, 5.41) is 2.05. The monoisotopic (exact) mass is 382 g/mol. The first-order valence-electron chi connectivity index (χ1n) is 9.46. The highest BCUT2D eigenvalue weighted by molar-refractivity contribution is 6.31. The predicted molar refractivity (Wildman–Crippen MR) is 112 cm³/mol. The minimum absolute atomic E-state index is 0.202. The van der Waals surface area contributed by atoms with Gasteiger partial charge in [0.05, 0.1) is 0 Å². The number of halogens is 2. The molecule has 0 atom stereocenters. The quantitative estimate of drug-likeness (QED) is 0.575. The molecule has 0 saturated heterocycles. The molecule has 1 aromatic heterocycles. The summed E-state index contributed by atoms with van der Waals surface area (Å²) in [4.78, 5) is 2.39. The molecule has 3 aromatic rings. The van der Waals surface area contributed by atoms with Crippen LogP contribution in [0, 0.1) is 5.82 Å². The third kappa shape index (κ3) is 3.54. The van der Waals surface area contributed by atoms with E-state index in [1.165, 1.54) is 39.9 Å². The van der Waals surface area contributed by atoms with Crippen LogP contribution in [0.15, 0.2) is 48.5 Å². The second-order valence-corrected chi connectivity index (χ2v) is 7.73. The molecular weight excluding hydrogens is 359 g/mol. The summed E-state index contributed by atoms with van der Waals surface area (Å²) < 4.78 is 15.8. The molecule has 0 radical (unpaired) electrons. The van der Waals surface area contributed by atoms with Crippen molar-refractivity contribution in [1.82, 2.24) is 9.47 Å². The molecule has 0 bridgehead atoms. The zero-order valence-corrected chi connectivity index (χ0v) is 16.6. The third-order valence-corrected chi connectivity index (χ3v) is 5.85. The zero-order chi connectivity index (χ0) is 19.0. The normalized spacial score (nSPS) is 15.8. The van der Waals surface area contributed by atoms with Crippen molar-refractivity contribution in [3.05, 3.63) is 76.2 Å². The van der Waals surface area contributed by atoms with E-state index in [-0.39, 0.29) is 5.82 Å². The first kappa shape index (κ1) is 18.3. The Morgan fingerprint density at radius 1 is 1.11 bits per heavy atom. The van der Waals surface area contributed by atoms with Gasteiger partial charge in [-0.25, -0.2) is 4.39 Å². The van der Waals surface area contributed by atoms with E-state index in [4.69, 9.17) is 11.6 Å². The summed E-state index contributed by atoms with van der Waals surface area (Å²) >= 11 is 6.32. The van der Waals surface area contributed by atoms with Gasteiger partial charge in [0.15, 0.2) is 0 Å². The van der Waals surface area contributed by atoms with Gasteiger partial charge < -0.3 is 9.47 Å². The highest BCUT2D eigenvalue weighted by atomic mass is 35.5. The van der Waals surface area contributed by atoms with Crippen LogP contribution in [0.5, 0.6) is 0 Å². The van der Waals surface area contributed by atoms with Crippen molar-refractivity contribution in [2.75, 3.05) is 20.1 Å². The average Bonchev–Trinajstić information content (AvgIpc) is 2.80. The van der Waals surface area contributed by atoms with Gasteiger partial charge >= 0.3 is 0 Å². The molecule has 0 fully saturated rings. The summed E-state index contributed by atoms with van der Waals surface area (Å²) in [5.74, 6) is -0.202. The number of aromatic nitrogens is 1. The van der Waals surface area contributed by atoms with Crippen molar-refractivity contribution in [2.24, 2.45) is 0 Å². The summed E-state index contributed by atoms with van der Waals surface area (Å²) in [5.41, 5.74) is 6.32. The molecule has 2 aromatic carbocycles. The molecule has 1 aliphatic rings. The molecule has 0 N–H and O–H groups in total. The van der Waals surface area contributed by atoms with Gasteiger partial charge in [0.2, 0.25) is 0 Å². The second kappa shape index (κ2) is 7.49. The lowest BCUT2D eigenvalue weighted by molar-refractivity contribution is 0.351. The largest absolute Gasteiger partial charge is 0.340 e. The number of likely N-dealkylation sites (N-methyl/N-ethyl adjacent to an activating group) is 1. The molecule has 140 valence electrons. The molecule has 2 heterocycles. The van der Waals surface area contributed by atoms with E-state index in [1.54, 1.807) is 0 Å². The Morgan fingerprint density at radius 3 is 2.59 bits per heavy atom. The Hall–Kier alpha value is -2.10. The Bertz CT molecular complexity index is 1000. The first-order valence-corrected chi connectivity index (χ1v) is 9.84. The molecule has 4 heteroatoms. The van der Waals surface area contributed by atoms with Gasteiger partial charge in [-0.1, -0.05) is 29.8 Å². The van der Waals surface area contributed by atoms with Crippen LogP contribution in [-0.2, 0) is 19.4 Å². The van der Waals surface area contributed by atoms with Gasteiger partial charge in [-0.05, 0) is 67.4 Å². The number of allylic oxidation sites excluding steroid dienone is 2. The predicted octanol–water partition coefficient (Wildman–Crippen LogP) is 5.57. The van der Waals surface area contributed by atoms with Gasteiger partial charge in [0, 0.05) is 47.7 Å². The van der Waals surface area contributed by atoms with Crippen LogP contribution in [0.3, 0.4) is 0 Å². The van der Waals surface area contributed by atoms with E-state index >= 15 is 0 Å². The fourth-order valence-electron chi connectivity index (χ4n) is 4.09.